The monoisotopic (exact) mass is 270 g/mol. The van der Waals surface area contributed by atoms with Gasteiger partial charge in [0, 0.05) is 26.7 Å². The van der Waals surface area contributed by atoms with Gasteiger partial charge in [-0.25, -0.2) is 0 Å². The first-order valence-corrected chi connectivity index (χ1v) is 7.13. The molecule has 2 aliphatic carbocycles. The molecular weight excluding hydrogens is 244 g/mol. The van der Waals surface area contributed by atoms with Crippen molar-refractivity contribution >= 4 is 11.9 Å². The van der Waals surface area contributed by atoms with Crippen LogP contribution in [-0.2, 0) is 19.1 Å². The Morgan fingerprint density at radius 1 is 1.16 bits per heavy atom. The van der Waals surface area contributed by atoms with Crippen molar-refractivity contribution in [1.82, 2.24) is 0 Å². The molecule has 0 aliphatic heterocycles. The molecule has 0 heterocycles. The Kier molecular flexibility index (Phi) is 5.39. The van der Waals surface area contributed by atoms with E-state index in [1.165, 1.54) is 26.7 Å². The molecule has 2 unspecified atom stereocenters. The molecule has 4 heteroatoms. The first-order chi connectivity index (χ1) is 8.74. The normalized spacial score (nSPS) is 26.0. The quantitative estimate of drug-likeness (QED) is 0.581. The van der Waals surface area contributed by atoms with Gasteiger partial charge in [-0.15, -0.1) is 0 Å². The summed E-state index contributed by atoms with van der Waals surface area (Å²) in [6, 6.07) is 0. The Bertz CT molecular complexity index is 313. The lowest BCUT2D eigenvalue weighted by Crippen LogP contribution is -2.23. The van der Waals surface area contributed by atoms with E-state index in [-0.39, 0.29) is 0 Å². The van der Waals surface area contributed by atoms with Crippen molar-refractivity contribution in [3.05, 3.63) is 0 Å². The Morgan fingerprint density at radius 2 is 1.58 bits per heavy atom. The largest absolute Gasteiger partial charge is 0.423 e. The minimum absolute atomic E-state index is 0.413. The van der Waals surface area contributed by atoms with E-state index in [9.17, 15) is 9.59 Å². The Morgan fingerprint density at radius 3 is 1.74 bits per heavy atom. The topological polar surface area (TPSA) is 52.6 Å². The lowest BCUT2D eigenvalue weighted by atomic mass is 10.1. The molecule has 0 bridgehead atoms. The van der Waals surface area contributed by atoms with Gasteiger partial charge in [0.05, 0.1) is 0 Å². The number of esters is 2. The number of ether oxygens (including phenoxy) is 2. The van der Waals surface area contributed by atoms with Crippen LogP contribution in [0.15, 0.2) is 0 Å². The standard InChI is InChI=1S/C8H16.C7H10O4/c1-6(2)4-8-5-7(8)3;1-5(8)10-7(3-4-7)11-6(2)9/h6-8H,4-5H2,1-3H3;3-4H2,1-2H3. The molecule has 0 spiro atoms. The second-order valence-corrected chi connectivity index (χ2v) is 6.20. The van der Waals surface area contributed by atoms with Crippen molar-refractivity contribution in [1.29, 1.82) is 0 Å². The van der Waals surface area contributed by atoms with Crippen molar-refractivity contribution < 1.29 is 19.1 Å². The highest BCUT2D eigenvalue weighted by Gasteiger charge is 2.50. The molecule has 4 nitrogen and oxygen atoms in total. The average Bonchev–Trinajstić information content (AvgIpc) is 3.08. The molecule has 110 valence electrons. The van der Waals surface area contributed by atoms with Crippen molar-refractivity contribution in [3.63, 3.8) is 0 Å². The fourth-order valence-corrected chi connectivity index (χ4v) is 2.18. The molecule has 0 radical (unpaired) electrons. The molecule has 0 aromatic carbocycles. The Balaban J connectivity index is 0.000000200. The van der Waals surface area contributed by atoms with E-state index in [1.54, 1.807) is 0 Å². The number of rotatable bonds is 4. The van der Waals surface area contributed by atoms with Crippen LogP contribution in [0.1, 0.15) is 60.3 Å². The zero-order valence-corrected chi connectivity index (χ0v) is 12.7. The fourth-order valence-electron chi connectivity index (χ4n) is 2.18. The predicted molar refractivity (Wildman–Crippen MR) is 72.2 cm³/mol. The smallest absolute Gasteiger partial charge is 0.305 e. The highest BCUT2D eigenvalue weighted by atomic mass is 16.7. The molecule has 0 amide bonds. The first-order valence-electron chi connectivity index (χ1n) is 7.13. The molecule has 0 saturated heterocycles. The molecule has 2 aliphatic rings. The van der Waals surface area contributed by atoms with E-state index < -0.39 is 17.7 Å². The molecule has 2 fully saturated rings. The van der Waals surface area contributed by atoms with Crippen LogP contribution in [0.25, 0.3) is 0 Å². The summed E-state index contributed by atoms with van der Waals surface area (Å²) < 4.78 is 9.56. The lowest BCUT2D eigenvalue weighted by Gasteiger charge is -2.14. The van der Waals surface area contributed by atoms with Crippen LogP contribution in [0.4, 0.5) is 0 Å². The third-order valence-corrected chi connectivity index (χ3v) is 3.37. The summed E-state index contributed by atoms with van der Waals surface area (Å²) >= 11 is 0. The average molecular weight is 270 g/mol. The highest BCUT2D eigenvalue weighted by molar-refractivity contribution is 5.69. The summed E-state index contributed by atoms with van der Waals surface area (Å²) in [5.74, 6) is 1.34. The lowest BCUT2D eigenvalue weighted by molar-refractivity contribution is -0.193. The van der Waals surface area contributed by atoms with Gasteiger partial charge in [0.15, 0.2) is 0 Å². The summed E-state index contributed by atoms with van der Waals surface area (Å²) in [7, 11) is 0. The van der Waals surface area contributed by atoms with Crippen LogP contribution in [0.3, 0.4) is 0 Å². The zero-order chi connectivity index (χ0) is 14.6. The van der Waals surface area contributed by atoms with Gasteiger partial charge >= 0.3 is 11.9 Å². The third kappa shape index (κ3) is 6.60. The second-order valence-electron chi connectivity index (χ2n) is 6.20. The molecule has 2 rings (SSSR count). The zero-order valence-electron chi connectivity index (χ0n) is 12.7. The molecule has 2 saturated carbocycles. The van der Waals surface area contributed by atoms with E-state index in [1.807, 2.05) is 0 Å². The van der Waals surface area contributed by atoms with Gasteiger partial charge in [0.2, 0.25) is 0 Å². The minimum Gasteiger partial charge on any atom is -0.423 e. The predicted octanol–water partition coefficient (Wildman–Crippen LogP) is 3.29. The maximum atomic E-state index is 10.5. The van der Waals surface area contributed by atoms with Crippen LogP contribution in [0, 0.1) is 17.8 Å². The SMILES string of the molecule is CC(=O)OC1(OC(C)=O)CC1.CC(C)CC1CC1C. The van der Waals surface area contributed by atoms with E-state index in [0.717, 1.165) is 17.8 Å². The van der Waals surface area contributed by atoms with Gasteiger partial charge in [-0.1, -0.05) is 20.8 Å². The Hall–Kier alpha value is -1.06. The molecule has 2 atom stereocenters. The van der Waals surface area contributed by atoms with E-state index in [2.05, 4.69) is 20.8 Å². The molecular formula is C15H26O4. The maximum Gasteiger partial charge on any atom is 0.305 e. The van der Waals surface area contributed by atoms with Gasteiger partial charge in [0.1, 0.15) is 0 Å². The van der Waals surface area contributed by atoms with Crippen molar-refractivity contribution in [3.8, 4) is 0 Å². The van der Waals surface area contributed by atoms with Crippen molar-refractivity contribution in [2.75, 3.05) is 0 Å². The molecule has 0 aromatic heterocycles. The summed E-state index contributed by atoms with van der Waals surface area (Å²) in [5, 5.41) is 0. The van der Waals surface area contributed by atoms with Gasteiger partial charge < -0.3 is 9.47 Å². The van der Waals surface area contributed by atoms with E-state index in [0.29, 0.717) is 12.8 Å². The van der Waals surface area contributed by atoms with Crippen molar-refractivity contribution in [2.45, 2.75) is 66.1 Å². The van der Waals surface area contributed by atoms with Crippen LogP contribution in [0.5, 0.6) is 0 Å². The van der Waals surface area contributed by atoms with Gasteiger partial charge in [0.25, 0.3) is 5.79 Å². The number of hydrogen-bond donors (Lipinski definition) is 0. The van der Waals surface area contributed by atoms with Gasteiger partial charge in [-0.05, 0) is 30.6 Å². The van der Waals surface area contributed by atoms with E-state index in [4.69, 9.17) is 9.47 Å². The second kappa shape index (κ2) is 6.40. The van der Waals surface area contributed by atoms with Crippen LogP contribution < -0.4 is 0 Å². The molecule has 0 aromatic rings. The van der Waals surface area contributed by atoms with Crippen molar-refractivity contribution in [2.24, 2.45) is 17.8 Å². The summed E-state index contributed by atoms with van der Waals surface area (Å²) in [6.07, 6.45) is 4.19. The number of hydrogen-bond acceptors (Lipinski definition) is 4. The van der Waals surface area contributed by atoms with Crippen LogP contribution in [0.2, 0.25) is 0 Å². The fraction of sp³-hybridized carbons (Fsp3) is 0.867. The summed E-state index contributed by atoms with van der Waals surface area (Å²) in [6.45, 7) is 9.57. The minimum atomic E-state index is -0.905. The number of carbonyl (C=O) groups is 2. The van der Waals surface area contributed by atoms with Crippen LogP contribution in [-0.4, -0.2) is 17.7 Å². The number of carbonyl (C=O) groups excluding carboxylic acids is 2. The van der Waals surface area contributed by atoms with Crippen LogP contribution >= 0.6 is 0 Å². The molecule has 0 N–H and O–H groups in total. The molecule has 19 heavy (non-hydrogen) atoms. The maximum absolute atomic E-state index is 10.5. The highest BCUT2D eigenvalue weighted by Crippen LogP contribution is 2.42. The first kappa shape index (κ1) is 16.0. The summed E-state index contributed by atoms with van der Waals surface area (Å²) in [5.41, 5.74) is 0. The Labute approximate surface area is 115 Å². The van der Waals surface area contributed by atoms with Gasteiger partial charge in [-0.3, -0.25) is 9.59 Å². The van der Waals surface area contributed by atoms with Gasteiger partial charge in [-0.2, -0.15) is 0 Å². The third-order valence-electron chi connectivity index (χ3n) is 3.37. The van der Waals surface area contributed by atoms with E-state index >= 15 is 0 Å². The summed E-state index contributed by atoms with van der Waals surface area (Å²) in [4.78, 5) is 20.9.